The van der Waals surface area contributed by atoms with Crippen molar-refractivity contribution in [2.24, 2.45) is 0 Å². The van der Waals surface area contributed by atoms with Gasteiger partial charge in [0.2, 0.25) is 5.91 Å². The largest absolute Gasteiger partial charge is 0.385 e. The minimum Gasteiger partial charge on any atom is -0.385 e. The average molecular weight is 321 g/mol. The summed E-state index contributed by atoms with van der Waals surface area (Å²) in [4.78, 5) is 31.5. The van der Waals surface area contributed by atoms with Gasteiger partial charge < -0.3 is 10.1 Å². The molecule has 0 aliphatic heterocycles. The molecule has 0 aliphatic carbocycles. The minimum absolute atomic E-state index is 0.112. The molecule has 2 rings (SSSR count). The maximum Gasteiger partial charge on any atom is 0.221 e. The Morgan fingerprint density at radius 2 is 2.18 bits per heavy atom. The number of rotatable bonds is 4. The van der Waals surface area contributed by atoms with Crippen LogP contribution in [0.1, 0.15) is 29.3 Å². The number of thiophene rings is 1. The van der Waals surface area contributed by atoms with E-state index in [9.17, 15) is 9.59 Å². The molecule has 0 aromatic carbocycles. The lowest BCUT2D eigenvalue weighted by molar-refractivity contribution is -0.114. The molecule has 0 radical (unpaired) electrons. The van der Waals surface area contributed by atoms with Crippen molar-refractivity contribution >= 4 is 29.2 Å². The second kappa shape index (κ2) is 9.01. The van der Waals surface area contributed by atoms with Gasteiger partial charge in [-0.25, -0.2) is 9.97 Å². The summed E-state index contributed by atoms with van der Waals surface area (Å²) < 4.78 is 4.54. The van der Waals surface area contributed by atoms with E-state index < -0.39 is 0 Å². The van der Waals surface area contributed by atoms with Gasteiger partial charge in [-0.15, -0.1) is 11.3 Å². The Morgan fingerprint density at radius 1 is 1.50 bits per heavy atom. The summed E-state index contributed by atoms with van der Waals surface area (Å²) in [5, 5.41) is 2.75. The van der Waals surface area contributed by atoms with E-state index in [2.05, 4.69) is 20.0 Å². The van der Waals surface area contributed by atoms with Gasteiger partial charge in [0.1, 0.15) is 0 Å². The molecule has 0 atom stereocenters. The molecule has 2 aromatic rings. The van der Waals surface area contributed by atoms with Gasteiger partial charge in [-0.2, -0.15) is 0 Å². The summed E-state index contributed by atoms with van der Waals surface area (Å²) in [5.41, 5.74) is 1.45. The SMILES string of the molecule is CC(=O)Nc1cc(-c2ccnc(C=O)n2)sc1C.CCOC. The van der Waals surface area contributed by atoms with Crippen molar-refractivity contribution in [3.63, 3.8) is 0 Å². The first-order valence-electron chi connectivity index (χ1n) is 6.67. The summed E-state index contributed by atoms with van der Waals surface area (Å²) in [5.74, 6) is 0.0401. The lowest BCUT2D eigenvalue weighted by Crippen LogP contribution is -2.05. The zero-order chi connectivity index (χ0) is 16.5. The third-order valence-electron chi connectivity index (χ3n) is 2.55. The number of anilines is 1. The second-order valence-electron chi connectivity index (χ2n) is 4.26. The number of aryl methyl sites for hydroxylation is 1. The Hall–Kier alpha value is -2.12. The first kappa shape index (κ1) is 17.9. The number of hydrogen-bond acceptors (Lipinski definition) is 6. The molecule has 22 heavy (non-hydrogen) atoms. The van der Waals surface area contributed by atoms with Crippen LogP contribution in [-0.4, -0.2) is 35.9 Å². The number of ether oxygens (including phenoxy) is 1. The molecule has 0 aliphatic rings. The second-order valence-corrected chi connectivity index (χ2v) is 5.51. The molecule has 7 heteroatoms. The fourth-order valence-electron chi connectivity index (χ4n) is 1.49. The van der Waals surface area contributed by atoms with Crippen LogP contribution in [0.2, 0.25) is 0 Å². The van der Waals surface area contributed by atoms with Gasteiger partial charge in [0, 0.05) is 31.7 Å². The van der Waals surface area contributed by atoms with Crippen LogP contribution in [0.5, 0.6) is 0 Å². The third-order valence-corrected chi connectivity index (χ3v) is 3.62. The molecule has 0 bridgehead atoms. The zero-order valence-corrected chi connectivity index (χ0v) is 13.9. The molecule has 1 amide bonds. The molecule has 0 saturated carbocycles. The number of aldehydes is 1. The number of nitrogens with zero attached hydrogens (tertiary/aromatic N) is 2. The highest BCUT2D eigenvalue weighted by atomic mass is 32.1. The Labute approximate surface area is 133 Å². The van der Waals surface area contributed by atoms with E-state index in [1.54, 1.807) is 19.4 Å². The van der Waals surface area contributed by atoms with Gasteiger partial charge in [0.05, 0.1) is 16.3 Å². The van der Waals surface area contributed by atoms with E-state index >= 15 is 0 Å². The molecule has 0 fully saturated rings. The maximum absolute atomic E-state index is 11.0. The number of methoxy groups -OCH3 is 1. The fraction of sp³-hybridized carbons (Fsp3) is 0.333. The molecule has 1 N–H and O–H groups in total. The summed E-state index contributed by atoms with van der Waals surface area (Å²) in [6.45, 7) is 6.16. The van der Waals surface area contributed by atoms with Crippen LogP contribution in [0.15, 0.2) is 18.3 Å². The average Bonchev–Trinajstić information content (AvgIpc) is 2.88. The Bertz CT molecular complexity index is 639. The van der Waals surface area contributed by atoms with Crippen LogP contribution < -0.4 is 5.32 Å². The predicted octanol–water partition coefficient (Wildman–Crippen LogP) is 2.94. The van der Waals surface area contributed by atoms with Crippen molar-refractivity contribution in [1.29, 1.82) is 0 Å². The predicted molar refractivity (Wildman–Crippen MR) is 87.3 cm³/mol. The first-order chi connectivity index (χ1) is 10.5. The maximum atomic E-state index is 11.0. The topological polar surface area (TPSA) is 81.2 Å². The van der Waals surface area contributed by atoms with E-state index in [0.29, 0.717) is 12.0 Å². The number of hydrogen-bond donors (Lipinski definition) is 1. The van der Waals surface area contributed by atoms with Crippen LogP contribution in [-0.2, 0) is 9.53 Å². The van der Waals surface area contributed by atoms with Crippen molar-refractivity contribution in [1.82, 2.24) is 9.97 Å². The highest BCUT2D eigenvalue weighted by Gasteiger charge is 2.10. The lowest BCUT2D eigenvalue weighted by Gasteiger charge is -1.98. The fourth-order valence-corrected chi connectivity index (χ4v) is 2.43. The number of carbonyl (C=O) groups excluding carboxylic acids is 2. The van der Waals surface area contributed by atoms with Gasteiger partial charge in [-0.3, -0.25) is 9.59 Å². The van der Waals surface area contributed by atoms with E-state index in [-0.39, 0.29) is 11.7 Å². The standard InChI is InChI=1S/C12H11N3O2S.C3H8O/c1-7-10(14-8(2)17)5-11(18-7)9-3-4-13-12(6-16)15-9;1-3-4-2/h3-6H,1-2H3,(H,14,17);3H2,1-2H3. The van der Waals surface area contributed by atoms with Gasteiger partial charge in [-0.1, -0.05) is 0 Å². The molecule has 2 heterocycles. The van der Waals surface area contributed by atoms with Crippen LogP contribution >= 0.6 is 11.3 Å². The van der Waals surface area contributed by atoms with Gasteiger partial charge >= 0.3 is 0 Å². The number of aromatic nitrogens is 2. The Kier molecular flexibility index (Phi) is 7.34. The molecule has 0 spiro atoms. The number of nitrogens with one attached hydrogen (secondary N) is 1. The highest BCUT2D eigenvalue weighted by Crippen LogP contribution is 2.32. The Balaban J connectivity index is 0.000000541. The van der Waals surface area contributed by atoms with E-state index in [0.717, 1.165) is 22.0 Å². The first-order valence-corrected chi connectivity index (χ1v) is 7.49. The molecule has 0 saturated heterocycles. The van der Waals surface area contributed by atoms with E-state index in [4.69, 9.17) is 0 Å². The lowest BCUT2D eigenvalue weighted by atomic mass is 10.3. The van der Waals surface area contributed by atoms with Crippen molar-refractivity contribution in [2.45, 2.75) is 20.8 Å². The Morgan fingerprint density at radius 3 is 2.73 bits per heavy atom. The summed E-state index contributed by atoms with van der Waals surface area (Å²) in [7, 11) is 1.68. The van der Waals surface area contributed by atoms with E-state index in [1.807, 2.05) is 19.9 Å². The van der Waals surface area contributed by atoms with Crippen molar-refractivity contribution in [3.05, 3.63) is 29.0 Å². The molecular weight excluding hydrogens is 302 g/mol. The van der Waals surface area contributed by atoms with Crippen LogP contribution in [0.4, 0.5) is 5.69 Å². The molecular formula is C15H19N3O3S. The van der Waals surface area contributed by atoms with Gasteiger partial charge in [-0.05, 0) is 26.0 Å². The van der Waals surface area contributed by atoms with E-state index in [1.165, 1.54) is 18.3 Å². The summed E-state index contributed by atoms with van der Waals surface area (Å²) in [6.07, 6.45) is 2.15. The van der Waals surface area contributed by atoms with Crippen molar-refractivity contribution in [3.8, 4) is 10.6 Å². The normalized spacial score (nSPS) is 9.64. The minimum atomic E-state index is -0.112. The number of carbonyl (C=O) groups is 2. The van der Waals surface area contributed by atoms with Crippen LogP contribution in [0, 0.1) is 6.92 Å². The molecule has 6 nitrogen and oxygen atoms in total. The molecule has 0 unspecified atom stereocenters. The summed E-state index contributed by atoms with van der Waals surface area (Å²) >= 11 is 1.51. The van der Waals surface area contributed by atoms with Gasteiger partial charge in [0.15, 0.2) is 12.1 Å². The van der Waals surface area contributed by atoms with Crippen LogP contribution in [0.3, 0.4) is 0 Å². The zero-order valence-electron chi connectivity index (χ0n) is 13.0. The number of amides is 1. The molecule has 2 aromatic heterocycles. The smallest absolute Gasteiger partial charge is 0.221 e. The monoisotopic (exact) mass is 321 g/mol. The highest BCUT2D eigenvalue weighted by molar-refractivity contribution is 7.16. The molecule has 118 valence electrons. The summed E-state index contributed by atoms with van der Waals surface area (Å²) in [6, 6.07) is 3.58. The van der Waals surface area contributed by atoms with Crippen LogP contribution in [0.25, 0.3) is 10.6 Å². The quantitative estimate of drug-likeness (QED) is 0.876. The van der Waals surface area contributed by atoms with Crippen molar-refractivity contribution in [2.75, 3.05) is 19.0 Å². The third kappa shape index (κ3) is 5.34. The van der Waals surface area contributed by atoms with Crippen molar-refractivity contribution < 1.29 is 14.3 Å². The van der Waals surface area contributed by atoms with Gasteiger partial charge in [0.25, 0.3) is 0 Å².